The van der Waals surface area contributed by atoms with E-state index in [1.165, 1.54) is 0 Å². The molecule has 0 bridgehead atoms. The number of anilines is 2. The van der Waals surface area contributed by atoms with Gasteiger partial charge in [0.1, 0.15) is 5.75 Å². The van der Waals surface area contributed by atoms with Gasteiger partial charge in [-0.1, -0.05) is 54.6 Å². The Morgan fingerprint density at radius 2 is 1.73 bits per heavy atom. The number of hydrogen-bond acceptors (Lipinski definition) is 8. The third-order valence-electron chi connectivity index (χ3n) is 6.89. The predicted octanol–water partition coefficient (Wildman–Crippen LogP) is 5.59. The highest BCUT2D eigenvalue weighted by Gasteiger charge is 2.18. The van der Waals surface area contributed by atoms with E-state index in [9.17, 15) is 8.42 Å². The number of sulfonamides is 1. The maximum Gasteiger partial charge on any atom is 0.236 e. The summed E-state index contributed by atoms with van der Waals surface area (Å²) in [6, 6.07) is 25.9. The first-order valence-electron chi connectivity index (χ1n) is 13.5. The fraction of sp³-hybridized carbons (Fsp3) is 0.194. The molecule has 0 saturated carbocycles. The van der Waals surface area contributed by atoms with Gasteiger partial charge in [0.25, 0.3) is 0 Å². The van der Waals surface area contributed by atoms with Crippen molar-refractivity contribution in [1.82, 2.24) is 20.3 Å². The van der Waals surface area contributed by atoms with Crippen LogP contribution in [-0.2, 0) is 15.8 Å². The van der Waals surface area contributed by atoms with Crippen molar-refractivity contribution in [3.63, 3.8) is 0 Å². The number of aromatic nitrogens is 3. The molecule has 2 aromatic heterocycles. The molecule has 1 aliphatic heterocycles. The van der Waals surface area contributed by atoms with Crippen LogP contribution in [0.15, 0.2) is 97.3 Å². The van der Waals surface area contributed by atoms with Crippen molar-refractivity contribution in [2.45, 2.75) is 24.6 Å². The summed E-state index contributed by atoms with van der Waals surface area (Å²) >= 11 is 0. The minimum absolute atomic E-state index is 0.120. The van der Waals surface area contributed by atoms with E-state index >= 15 is 0 Å². The Bertz CT molecular complexity index is 1760. The van der Waals surface area contributed by atoms with Crippen molar-refractivity contribution in [3.05, 3.63) is 103 Å². The van der Waals surface area contributed by atoms with Crippen LogP contribution in [0.4, 0.5) is 11.6 Å². The van der Waals surface area contributed by atoms with E-state index in [-0.39, 0.29) is 11.8 Å². The second-order valence-electron chi connectivity index (χ2n) is 9.91. The first-order valence-corrected chi connectivity index (χ1v) is 15.2. The van der Waals surface area contributed by atoms with E-state index in [1.54, 1.807) is 36.7 Å². The number of ether oxygens (including phenoxy) is 1. The molecule has 9 nitrogen and oxygen atoms in total. The third kappa shape index (κ3) is 6.45. The van der Waals surface area contributed by atoms with Crippen molar-refractivity contribution in [3.8, 4) is 22.9 Å². The van der Waals surface area contributed by atoms with Gasteiger partial charge in [-0.25, -0.2) is 23.4 Å². The minimum Gasteiger partial charge on any atom is -0.438 e. The SMILES string of the molecule is O=S(=O)(Cc1ccccc1)Nc1cccc2c(Oc3ncccc3-c3ccnc(N[C@H]4CCCNC4)n3)cccc12. The fourth-order valence-electron chi connectivity index (χ4n) is 4.96. The van der Waals surface area contributed by atoms with Gasteiger partial charge in [-0.2, -0.15) is 0 Å². The average molecular weight is 567 g/mol. The van der Waals surface area contributed by atoms with Crippen LogP contribution in [0.1, 0.15) is 18.4 Å². The molecule has 10 heteroatoms. The smallest absolute Gasteiger partial charge is 0.236 e. The number of fused-ring (bicyclic) bond motifs is 1. The normalized spacial score (nSPS) is 15.4. The van der Waals surface area contributed by atoms with Gasteiger partial charge in [0.15, 0.2) is 0 Å². The van der Waals surface area contributed by atoms with Gasteiger partial charge in [0.2, 0.25) is 21.9 Å². The molecule has 208 valence electrons. The lowest BCUT2D eigenvalue weighted by atomic mass is 10.1. The van der Waals surface area contributed by atoms with E-state index in [0.29, 0.717) is 39.9 Å². The van der Waals surface area contributed by atoms with Crippen molar-refractivity contribution in [2.75, 3.05) is 23.1 Å². The molecule has 0 aliphatic carbocycles. The van der Waals surface area contributed by atoms with Gasteiger partial charge >= 0.3 is 0 Å². The molecular formula is C31H30N6O3S. The van der Waals surface area contributed by atoms with Crippen LogP contribution in [0.3, 0.4) is 0 Å². The van der Waals surface area contributed by atoms with Gasteiger partial charge < -0.3 is 15.4 Å². The Morgan fingerprint density at radius 3 is 2.59 bits per heavy atom. The van der Waals surface area contributed by atoms with Crippen LogP contribution in [-0.4, -0.2) is 42.5 Å². The number of piperidine rings is 1. The molecule has 0 radical (unpaired) electrons. The molecule has 6 rings (SSSR count). The molecule has 1 aliphatic rings. The molecule has 0 amide bonds. The lowest BCUT2D eigenvalue weighted by Crippen LogP contribution is -2.38. The van der Waals surface area contributed by atoms with E-state index in [2.05, 4.69) is 25.3 Å². The number of nitrogens with one attached hydrogen (secondary N) is 3. The maximum absolute atomic E-state index is 13.0. The van der Waals surface area contributed by atoms with Crippen molar-refractivity contribution in [2.24, 2.45) is 0 Å². The number of hydrogen-bond donors (Lipinski definition) is 3. The van der Waals surface area contributed by atoms with Gasteiger partial charge in [0, 0.05) is 35.8 Å². The van der Waals surface area contributed by atoms with Gasteiger partial charge in [-0.3, -0.25) is 4.72 Å². The molecule has 5 aromatic rings. The Balaban J connectivity index is 1.27. The summed E-state index contributed by atoms with van der Waals surface area (Å²) in [5.41, 5.74) is 2.60. The molecule has 0 unspecified atom stereocenters. The topological polar surface area (TPSA) is 118 Å². The molecule has 1 fully saturated rings. The number of nitrogens with zero attached hydrogens (tertiary/aromatic N) is 3. The average Bonchev–Trinajstić information content (AvgIpc) is 2.99. The zero-order valence-corrected chi connectivity index (χ0v) is 23.1. The molecule has 1 saturated heterocycles. The van der Waals surface area contributed by atoms with Crippen LogP contribution in [0.5, 0.6) is 11.6 Å². The van der Waals surface area contributed by atoms with Gasteiger partial charge in [-0.15, -0.1) is 0 Å². The quantitative estimate of drug-likeness (QED) is 0.211. The second kappa shape index (κ2) is 11.9. The molecule has 3 aromatic carbocycles. The van der Waals surface area contributed by atoms with E-state index in [0.717, 1.165) is 36.9 Å². The molecular weight excluding hydrogens is 536 g/mol. The van der Waals surface area contributed by atoms with E-state index in [1.807, 2.05) is 60.7 Å². The molecule has 1 atom stereocenters. The number of rotatable bonds is 9. The highest BCUT2D eigenvalue weighted by Crippen LogP contribution is 2.36. The Labute approximate surface area is 239 Å². The fourth-order valence-corrected chi connectivity index (χ4v) is 6.18. The Kier molecular flexibility index (Phi) is 7.75. The van der Waals surface area contributed by atoms with Crippen LogP contribution in [0, 0.1) is 0 Å². The lowest BCUT2D eigenvalue weighted by Gasteiger charge is -2.23. The first-order chi connectivity index (χ1) is 20.0. The van der Waals surface area contributed by atoms with Crippen molar-refractivity contribution < 1.29 is 13.2 Å². The van der Waals surface area contributed by atoms with Crippen LogP contribution in [0.25, 0.3) is 22.0 Å². The summed E-state index contributed by atoms with van der Waals surface area (Å²) in [6.07, 6.45) is 5.57. The summed E-state index contributed by atoms with van der Waals surface area (Å²) < 4.78 is 35.1. The zero-order valence-electron chi connectivity index (χ0n) is 22.3. The predicted molar refractivity (Wildman–Crippen MR) is 161 cm³/mol. The number of pyridine rings is 1. The Hall–Kier alpha value is -4.54. The highest BCUT2D eigenvalue weighted by molar-refractivity contribution is 7.91. The third-order valence-corrected chi connectivity index (χ3v) is 8.13. The summed E-state index contributed by atoms with van der Waals surface area (Å²) in [5, 5.41) is 8.28. The highest BCUT2D eigenvalue weighted by atomic mass is 32.2. The van der Waals surface area contributed by atoms with Gasteiger partial charge in [0.05, 0.1) is 22.7 Å². The van der Waals surface area contributed by atoms with Gasteiger partial charge in [-0.05, 0) is 55.3 Å². The standard InChI is InChI=1S/C31H30N6O3S/c38-41(39,21-22-8-2-1-3-9-22)37-28-14-4-12-25-24(28)11-5-15-29(25)40-30-26(13-7-18-33-30)27-16-19-34-31(36-27)35-23-10-6-17-32-20-23/h1-5,7-9,11-16,18-19,23,32,37H,6,10,17,20-21H2,(H,34,35,36)/t23-/m0/s1. The van der Waals surface area contributed by atoms with Crippen molar-refractivity contribution in [1.29, 1.82) is 0 Å². The van der Waals surface area contributed by atoms with E-state index in [4.69, 9.17) is 9.72 Å². The van der Waals surface area contributed by atoms with E-state index < -0.39 is 10.0 Å². The Morgan fingerprint density at radius 1 is 0.878 bits per heavy atom. The maximum atomic E-state index is 13.0. The first kappa shape index (κ1) is 26.7. The van der Waals surface area contributed by atoms with Crippen molar-refractivity contribution >= 4 is 32.4 Å². The molecule has 3 heterocycles. The molecule has 0 spiro atoms. The molecule has 41 heavy (non-hydrogen) atoms. The van der Waals surface area contributed by atoms with Crippen LogP contribution < -0.4 is 20.1 Å². The summed E-state index contributed by atoms with van der Waals surface area (Å²) in [7, 11) is -3.64. The second-order valence-corrected chi connectivity index (χ2v) is 11.6. The monoisotopic (exact) mass is 566 g/mol. The summed E-state index contributed by atoms with van der Waals surface area (Å²) in [4.78, 5) is 13.7. The molecule has 3 N–H and O–H groups in total. The minimum atomic E-state index is -3.64. The number of benzene rings is 3. The van der Waals surface area contributed by atoms with Crippen LogP contribution in [0.2, 0.25) is 0 Å². The summed E-state index contributed by atoms with van der Waals surface area (Å²) in [6.45, 7) is 1.91. The lowest BCUT2D eigenvalue weighted by molar-refractivity contribution is 0.470. The van der Waals surface area contributed by atoms with Crippen LogP contribution >= 0.6 is 0 Å². The largest absolute Gasteiger partial charge is 0.438 e. The zero-order chi connectivity index (χ0) is 28.1. The summed E-state index contributed by atoms with van der Waals surface area (Å²) in [5.74, 6) is 1.37.